The van der Waals surface area contributed by atoms with Crippen LogP contribution in [-0.4, -0.2) is 37.6 Å². The molecular weight excluding hydrogens is 318 g/mol. The number of rotatable bonds is 3. The third-order valence-corrected chi connectivity index (χ3v) is 6.12. The summed E-state index contributed by atoms with van der Waals surface area (Å²) < 4.78 is 31.8. The fourth-order valence-corrected chi connectivity index (χ4v) is 4.83. The molecule has 0 N–H and O–H groups in total. The highest BCUT2D eigenvalue weighted by atomic mass is 32.2. The Morgan fingerprint density at radius 3 is 2.52 bits per heavy atom. The molecule has 2 aliphatic rings. The Morgan fingerprint density at radius 2 is 1.91 bits per heavy atom. The minimum Gasteiger partial charge on any atom is -0.467 e. The standard InChI is InChI=1S/C16H17NO5S/c1-10-3-5-13(6-4-10)23(20,21)17-14-9-12(18)7-11(14)8-15(17)16(19)22-2/h3-6,9,11,15H,7-8H2,1-2H3/t11-,15-/m0/s1. The summed E-state index contributed by atoms with van der Waals surface area (Å²) in [6, 6.07) is 5.48. The Balaban J connectivity index is 2.08. The molecule has 2 atom stereocenters. The van der Waals surface area contributed by atoms with Crippen LogP contribution in [0.4, 0.5) is 0 Å². The van der Waals surface area contributed by atoms with Crippen molar-refractivity contribution in [1.82, 2.24) is 4.31 Å². The van der Waals surface area contributed by atoms with Crippen molar-refractivity contribution >= 4 is 21.8 Å². The minimum atomic E-state index is -3.93. The third-order valence-electron chi connectivity index (χ3n) is 4.27. The molecule has 0 bridgehead atoms. The highest BCUT2D eigenvalue weighted by molar-refractivity contribution is 7.89. The van der Waals surface area contributed by atoms with E-state index in [1.807, 2.05) is 6.92 Å². The number of benzene rings is 1. The minimum absolute atomic E-state index is 0.0953. The Morgan fingerprint density at radius 1 is 1.26 bits per heavy atom. The average Bonchev–Trinajstić information content (AvgIpc) is 3.02. The number of sulfonamides is 1. The fourth-order valence-electron chi connectivity index (χ4n) is 3.14. The number of carbonyl (C=O) groups is 2. The van der Waals surface area contributed by atoms with Gasteiger partial charge in [-0.1, -0.05) is 17.7 Å². The zero-order valence-electron chi connectivity index (χ0n) is 12.9. The Bertz CT molecular complexity index is 794. The molecular formula is C16H17NO5S. The molecule has 1 aliphatic heterocycles. The molecule has 0 aromatic heterocycles. The van der Waals surface area contributed by atoms with E-state index in [1.165, 1.54) is 25.3 Å². The van der Waals surface area contributed by atoms with Crippen molar-refractivity contribution in [1.29, 1.82) is 0 Å². The number of ether oxygens (including phenoxy) is 1. The summed E-state index contributed by atoms with van der Waals surface area (Å²) in [5, 5.41) is 0. The van der Waals surface area contributed by atoms with E-state index < -0.39 is 22.0 Å². The molecule has 1 aromatic rings. The van der Waals surface area contributed by atoms with Gasteiger partial charge in [-0.25, -0.2) is 13.2 Å². The van der Waals surface area contributed by atoms with Crippen LogP contribution in [0.2, 0.25) is 0 Å². The number of esters is 1. The summed E-state index contributed by atoms with van der Waals surface area (Å²) in [5.74, 6) is -0.965. The summed E-state index contributed by atoms with van der Waals surface area (Å²) in [6.07, 6.45) is 1.84. The molecule has 0 amide bonds. The molecule has 122 valence electrons. The summed E-state index contributed by atoms with van der Waals surface area (Å²) in [7, 11) is -2.70. The van der Waals surface area contributed by atoms with E-state index in [0.29, 0.717) is 5.70 Å². The van der Waals surface area contributed by atoms with Gasteiger partial charge >= 0.3 is 5.97 Å². The molecule has 0 radical (unpaired) electrons. The van der Waals surface area contributed by atoms with Gasteiger partial charge in [-0.3, -0.25) is 9.10 Å². The molecule has 1 heterocycles. The lowest BCUT2D eigenvalue weighted by Gasteiger charge is -2.25. The SMILES string of the molecule is COC(=O)[C@@H]1C[C@@H]2CC(=O)C=C2N1S(=O)(=O)c1ccc(C)cc1. The highest BCUT2D eigenvalue weighted by Crippen LogP contribution is 2.43. The van der Waals surface area contributed by atoms with Crippen molar-refractivity contribution in [2.24, 2.45) is 5.92 Å². The highest BCUT2D eigenvalue weighted by Gasteiger charge is 2.49. The number of nitrogens with zero attached hydrogens (tertiary/aromatic N) is 1. The van der Waals surface area contributed by atoms with E-state index in [0.717, 1.165) is 9.87 Å². The molecule has 23 heavy (non-hydrogen) atoms. The number of hydrogen-bond donors (Lipinski definition) is 0. The van der Waals surface area contributed by atoms with E-state index in [2.05, 4.69) is 0 Å². The molecule has 0 saturated carbocycles. The van der Waals surface area contributed by atoms with Crippen molar-refractivity contribution in [2.45, 2.75) is 30.7 Å². The van der Waals surface area contributed by atoms with Gasteiger partial charge in [-0.05, 0) is 25.5 Å². The Hall–Kier alpha value is -2.15. The number of hydrogen-bond acceptors (Lipinski definition) is 5. The second-order valence-corrected chi connectivity index (χ2v) is 7.64. The van der Waals surface area contributed by atoms with Gasteiger partial charge in [0.25, 0.3) is 10.0 Å². The smallest absolute Gasteiger partial charge is 0.329 e. The van der Waals surface area contributed by atoms with Crippen LogP contribution in [0.15, 0.2) is 40.9 Å². The fraction of sp³-hybridized carbons (Fsp3) is 0.375. The van der Waals surface area contributed by atoms with Gasteiger partial charge in [0.2, 0.25) is 0 Å². The van der Waals surface area contributed by atoms with Crippen LogP contribution >= 0.6 is 0 Å². The van der Waals surface area contributed by atoms with Crippen molar-refractivity contribution in [2.75, 3.05) is 7.11 Å². The lowest BCUT2D eigenvalue weighted by molar-refractivity contribution is -0.144. The maximum absolute atomic E-state index is 13.0. The van der Waals surface area contributed by atoms with Gasteiger partial charge in [0.1, 0.15) is 6.04 Å². The Labute approximate surface area is 134 Å². The predicted molar refractivity (Wildman–Crippen MR) is 81.8 cm³/mol. The molecule has 7 heteroatoms. The van der Waals surface area contributed by atoms with Gasteiger partial charge in [0, 0.05) is 24.1 Å². The van der Waals surface area contributed by atoms with Gasteiger partial charge in [0.15, 0.2) is 5.78 Å². The predicted octanol–water partition coefficient (Wildman–Crippen LogP) is 1.40. The van der Waals surface area contributed by atoms with Gasteiger partial charge in [-0.2, -0.15) is 0 Å². The normalized spacial score (nSPS) is 23.7. The van der Waals surface area contributed by atoms with Crippen molar-refractivity contribution in [3.63, 3.8) is 0 Å². The second kappa shape index (κ2) is 5.49. The van der Waals surface area contributed by atoms with E-state index in [1.54, 1.807) is 12.1 Å². The maximum Gasteiger partial charge on any atom is 0.329 e. The average molecular weight is 335 g/mol. The van der Waals surface area contributed by atoms with Crippen molar-refractivity contribution in [3.05, 3.63) is 41.6 Å². The zero-order chi connectivity index (χ0) is 16.8. The van der Waals surface area contributed by atoms with E-state index in [-0.39, 0.29) is 29.4 Å². The molecule has 6 nitrogen and oxygen atoms in total. The first-order valence-corrected chi connectivity index (χ1v) is 8.72. The lowest BCUT2D eigenvalue weighted by atomic mass is 10.0. The summed E-state index contributed by atoms with van der Waals surface area (Å²) in [4.78, 5) is 23.8. The van der Waals surface area contributed by atoms with Crippen LogP contribution in [0.1, 0.15) is 18.4 Å². The van der Waals surface area contributed by atoms with Gasteiger partial charge in [-0.15, -0.1) is 0 Å². The molecule has 0 unspecified atom stereocenters. The van der Waals surface area contributed by atoms with E-state index in [4.69, 9.17) is 4.74 Å². The maximum atomic E-state index is 13.0. The van der Waals surface area contributed by atoms with Crippen LogP contribution in [0.25, 0.3) is 0 Å². The molecule has 1 fully saturated rings. The largest absolute Gasteiger partial charge is 0.467 e. The summed E-state index contributed by atoms with van der Waals surface area (Å²) in [5.41, 5.74) is 1.33. The Kier molecular flexibility index (Phi) is 3.75. The zero-order valence-corrected chi connectivity index (χ0v) is 13.7. The number of methoxy groups -OCH3 is 1. The molecule has 1 aromatic carbocycles. The van der Waals surface area contributed by atoms with Crippen molar-refractivity contribution < 1.29 is 22.7 Å². The third kappa shape index (κ3) is 2.55. The van der Waals surface area contributed by atoms with Crippen LogP contribution in [0, 0.1) is 12.8 Å². The monoisotopic (exact) mass is 335 g/mol. The molecule has 0 spiro atoms. The summed E-state index contributed by atoms with van der Waals surface area (Å²) in [6.45, 7) is 1.86. The number of aryl methyl sites for hydroxylation is 1. The van der Waals surface area contributed by atoms with Gasteiger partial charge < -0.3 is 4.74 Å². The lowest BCUT2D eigenvalue weighted by Crippen LogP contribution is -2.40. The van der Waals surface area contributed by atoms with Crippen LogP contribution in [-0.2, 0) is 24.3 Å². The molecule has 1 aliphatic carbocycles. The number of allylic oxidation sites excluding steroid dienone is 2. The van der Waals surface area contributed by atoms with Crippen LogP contribution in [0.3, 0.4) is 0 Å². The first-order valence-electron chi connectivity index (χ1n) is 7.28. The second-order valence-electron chi connectivity index (χ2n) is 5.83. The molecule has 1 saturated heterocycles. The van der Waals surface area contributed by atoms with E-state index in [9.17, 15) is 18.0 Å². The van der Waals surface area contributed by atoms with Crippen LogP contribution < -0.4 is 0 Å². The summed E-state index contributed by atoms with van der Waals surface area (Å²) >= 11 is 0. The van der Waals surface area contributed by atoms with E-state index >= 15 is 0 Å². The quantitative estimate of drug-likeness (QED) is 0.780. The number of fused-ring (bicyclic) bond motifs is 1. The van der Waals surface area contributed by atoms with Crippen LogP contribution in [0.5, 0.6) is 0 Å². The topological polar surface area (TPSA) is 80.8 Å². The van der Waals surface area contributed by atoms with Gasteiger partial charge in [0.05, 0.1) is 12.0 Å². The number of ketones is 1. The molecule has 3 rings (SSSR count). The first-order chi connectivity index (χ1) is 10.8. The first kappa shape index (κ1) is 15.7. The number of carbonyl (C=O) groups excluding carboxylic acids is 2. The van der Waals surface area contributed by atoms with Crippen molar-refractivity contribution in [3.8, 4) is 0 Å².